The highest BCUT2D eigenvalue weighted by Crippen LogP contribution is 2.36. The molecule has 0 rings (SSSR count). The van der Waals surface area contributed by atoms with E-state index in [0.29, 0.717) is 19.3 Å². The lowest BCUT2D eigenvalue weighted by molar-refractivity contribution is -0.161. The molecule has 0 saturated heterocycles. The zero-order valence-electron chi connectivity index (χ0n) is 33.8. The van der Waals surface area contributed by atoms with E-state index in [1.807, 2.05) is 37.3 Å². The van der Waals surface area contributed by atoms with Crippen molar-refractivity contribution in [1.82, 2.24) is 0 Å². The second kappa shape index (κ2) is 37.6. The number of hydrogen-bond acceptors (Lipinski definition) is 9. The maximum Gasteiger partial charge on any atom is 0.469 e. The molecule has 0 aromatic rings. The van der Waals surface area contributed by atoms with Crippen LogP contribution in [-0.4, -0.2) is 74.7 Å². The Morgan fingerprint density at radius 1 is 0.596 bits per heavy atom. The third kappa shape index (κ3) is 38.7. The van der Waals surface area contributed by atoms with Gasteiger partial charge in [0, 0.05) is 12.8 Å². The largest absolute Gasteiger partial charge is 0.469 e. The van der Waals surface area contributed by atoms with Gasteiger partial charge in [-0.25, -0.2) is 4.57 Å². The monoisotopic (exact) mass is 814 g/mol. The third-order valence-corrected chi connectivity index (χ3v) is 8.01. The van der Waals surface area contributed by atoms with Crippen LogP contribution in [-0.2, 0) is 28.2 Å². The SMILES string of the molecule is CC/C=C\C/C=C\C/C=C\C/C=C\C/C=C\C/C=C\CCC(=O)OC[C@H](COP(=O)(O)O)OC(=O)CCC[C@@H](O)[C@H](O)\C=C/C=C\C=C\C=C\[C@@H](O)C/C=C\CC. The molecule has 0 aromatic heterocycles. The number of ether oxygens (including phenoxy) is 2. The van der Waals surface area contributed by atoms with Crippen LogP contribution in [0.1, 0.15) is 97.3 Å². The van der Waals surface area contributed by atoms with Gasteiger partial charge in [-0.3, -0.25) is 14.1 Å². The fraction of sp³-hybridized carbons (Fsp3) is 0.467. The Morgan fingerprint density at radius 3 is 1.63 bits per heavy atom. The van der Waals surface area contributed by atoms with Crippen LogP contribution in [0.5, 0.6) is 0 Å². The number of carbonyl (C=O) groups is 2. The molecule has 0 radical (unpaired) electrons. The normalized spacial score (nSPS) is 15.6. The van der Waals surface area contributed by atoms with Crippen LogP contribution >= 0.6 is 7.82 Å². The van der Waals surface area contributed by atoms with Gasteiger partial charge in [-0.1, -0.05) is 148 Å². The second-order valence-electron chi connectivity index (χ2n) is 12.7. The van der Waals surface area contributed by atoms with Gasteiger partial charge in [0.2, 0.25) is 0 Å². The van der Waals surface area contributed by atoms with E-state index in [9.17, 15) is 29.5 Å². The minimum Gasteiger partial charge on any atom is -0.462 e. The minimum absolute atomic E-state index is 0.0586. The first-order chi connectivity index (χ1) is 27.5. The lowest BCUT2D eigenvalue weighted by Gasteiger charge is -2.19. The van der Waals surface area contributed by atoms with Crippen LogP contribution in [0.3, 0.4) is 0 Å². The molecular formula is C45H67O11P. The highest BCUT2D eigenvalue weighted by atomic mass is 31.2. The zero-order valence-corrected chi connectivity index (χ0v) is 34.6. The fourth-order valence-electron chi connectivity index (χ4n) is 4.50. The van der Waals surface area contributed by atoms with E-state index in [4.69, 9.17) is 19.3 Å². The van der Waals surface area contributed by atoms with Gasteiger partial charge in [-0.2, -0.15) is 0 Å². The van der Waals surface area contributed by atoms with Gasteiger partial charge >= 0.3 is 19.8 Å². The van der Waals surface area contributed by atoms with Crippen molar-refractivity contribution in [2.45, 2.75) is 122 Å². The molecule has 12 heteroatoms. The van der Waals surface area contributed by atoms with Gasteiger partial charge in [-0.05, 0) is 70.6 Å². The first-order valence-electron chi connectivity index (χ1n) is 19.8. The predicted molar refractivity (Wildman–Crippen MR) is 229 cm³/mol. The predicted octanol–water partition coefficient (Wildman–Crippen LogP) is 8.86. The van der Waals surface area contributed by atoms with Gasteiger partial charge in [0.25, 0.3) is 0 Å². The summed E-state index contributed by atoms with van der Waals surface area (Å²) < 4.78 is 26.1. The maximum atomic E-state index is 12.4. The summed E-state index contributed by atoms with van der Waals surface area (Å²) in [5, 5.41) is 30.2. The fourth-order valence-corrected chi connectivity index (χ4v) is 4.86. The zero-order chi connectivity index (χ0) is 42.2. The molecule has 4 atom stereocenters. The Labute approximate surface area is 340 Å². The van der Waals surface area contributed by atoms with Gasteiger partial charge in [0.1, 0.15) is 6.61 Å². The molecule has 5 N–H and O–H groups in total. The molecule has 11 nitrogen and oxygen atoms in total. The van der Waals surface area contributed by atoms with E-state index < -0.39 is 57.4 Å². The Hall–Kier alpha value is -3.93. The summed E-state index contributed by atoms with van der Waals surface area (Å²) in [6, 6.07) is 0. The van der Waals surface area contributed by atoms with Gasteiger partial charge in [0.05, 0.1) is 24.9 Å². The highest BCUT2D eigenvalue weighted by Gasteiger charge is 2.23. The molecule has 57 heavy (non-hydrogen) atoms. The first kappa shape index (κ1) is 53.1. The molecular weight excluding hydrogens is 747 g/mol. The van der Waals surface area contributed by atoms with Crippen molar-refractivity contribution >= 4 is 19.8 Å². The van der Waals surface area contributed by atoms with E-state index in [1.54, 1.807) is 42.5 Å². The summed E-state index contributed by atoms with van der Waals surface area (Å²) >= 11 is 0. The maximum absolute atomic E-state index is 12.4. The lowest BCUT2D eigenvalue weighted by atomic mass is 10.1. The Morgan fingerprint density at radius 2 is 1.09 bits per heavy atom. The van der Waals surface area contributed by atoms with Crippen LogP contribution in [0.15, 0.2) is 134 Å². The molecule has 0 saturated carbocycles. The van der Waals surface area contributed by atoms with Crippen molar-refractivity contribution in [3.63, 3.8) is 0 Å². The van der Waals surface area contributed by atoms with Crippen LogP contribution in [0.2, 0.25) is 0 Å². The summed E-state index contributed by atoms with van der Waals surface area (Å²) in [6.45, 7) is 3.00. The van der Waals surface area contributed by atoms with Crippen molar-refractivity contribution < 1.29 is 53.3 Å². The van der Waals surface area contributed by atoms with Crippen molar-refractivity contribution in [2.75, 3.05) is 13.2 Å². The molecule has 0 fully saturated rings. The molecule has 0 bridgehead atoms. The van der Waals surface area contributed by atoms with E-state index >= 15 is 0 Å². The number of phosphoric ester groups is 1. The van der Waals surface area contributed by atoms with E-state index in [0.717, 1.165) is 38.5 Å². The molecule has 0 spiro atoms. The number of aliphatic hydroxyl groups is 3. The number of rotatable bonds is 33. The van der Waals surface area contributed by atoms with Gasteiger partial charge in [0.15, 0.2) is 6.10 Å². The Bertz CT molecular complexity index is 1430. The molecule has 0 aromatic carbocycles. The lowest BCUT2D eigenvalue weighted by Crippen LogP contribution is -2.29. The molecule has 0 aliphatic rings. The van der Waals surface area contributed by atoms with Crippen LogP contribution in [0, 0.1) is 0 Å². The number of hydrogen-bond donors (Lipinski definition) is 5. The molecule has 0 aliphatic carbocycles. The molecule has 318 valence electrons. The third-order valence-electron chi connectivity index (χ3n) is 7.52. The Balaban J connectivity index is 4.44. The standard InChI is InChI=1S/C45H67O11P/c1-3-5-7-8-9-10-11-12-13-14-15-16-17-18-19-20-21-26-30-36-44(49)54-38-41(39-55-57(51,52)53)56-45(50)37-31-35-43(48)42(47)34-29-25-23-22-24-28-33-40(46)32-27-6-4-2/h5-7,9-10,12-13,15-16,18-19,21-29,33-34,40-43,46-48H,3-4,8,11,14,17,20,30-32,35-39H2,1-2H3,(H2,51,52,53)/b7-5-,10-9-,13-12-,16-15-,19-18-,24-22+,25-23-,26-21-,27-6-,33-28+,34-29-/t40-,41+,42+,43+/m0/s1. The second-order valence-corrected chi connectivity index (χ2v) is 13.9. The van der Waals surface area contributed by atoms with E-state index in [-0.39, 0.29) is 25.7 Å². The van der Waals surface area contributed by atoms with Crippen molar-refractivity contribution in [1.29, 1.82) is 0 Å². The first-order valence-corrected chi connectivity index (χ1v) is 21.3. The number of aliphatic hydroxyl groups excluding tert-OH is 3. The molecule has 0 amide bonds. The summed E-state index contributed by atoms with van der Waals surface area (Å²) in [6.07, 6.45) is 45.6. The number of allylic oxidation sites excluding steroid dienone is 19. The van der Waals surface area contributed by atoms with E-state index in [2.05, 4.69) is 66.1 Å². The number of carbonyl (C=O) groups excluding carboxylic acids is 2. The van der Waals surface area contributed by atoms with Gasteiger partial charge < -0.3 is 34.6 Å². The average Bonchev–Trinajstić information content (AvgIpc) is 3.17. The molecule has 0 unspecified atom stereocenters. The van der Waals surface area contributed by atoms with Crippen LogP contribution in [0.4, 0.5) is 0 Å². The molecule has 0 heterocycles. The summed E-state index contributed by atoms with van der Waals surface area (Å²) in [5.74, 6) is -1.33. The number of phosphoric acid groups is 1. The minimum atomic E-state index is -4.88. The van der Waals surface area contributed by atoms with Crippen LogP contribution < -0.4 is 0 Å². The smallest absolute Gasteiger partial charge is 0.462 e. The summed E-state index contributed by atoms with van der Waals surface area (Å²) in [7, 11) is -4.88. The quantitative estimate of drug-likeness (QED) is 0.0185. The van der Waals surface area contributed by atoms with Crippen molar-refractivity contribution in [3.05, 3.63) is 134 Å². The van der Waals surface area contributed by atoms with Gasteiger partial charge in [-0.15, -0.1) is 0 Å². The molecule has 0 aliphatic heterocycles. The van der Waals surface area contributed by atoms with E-state index in [1.165, 1.54) is 6.08 Å². The average molecular weight is 815 g/mol. The van der Waals surface area contributed by atoms with Crippen LogP contribution in [0.25, 0.3) is 0 Å². The van der Waals surface area contributed by atoms with Crippen molar-refractivity contribution in [3.8, 4) is 0 Å². The Kier molecular flexibility index (Phi) is 35.0. The highest BCUT2D eigenvalue weighted by molar-refractivity contribution is 7.46. The summed E-state index contributed by atoms with van der Waals surface area (Å²) in [5.41, 5.74) is 0. The van der Waals surface area contributed by atoms with Crippen molar-refractivity contribution in [2.24, 2.45) is 0 Å². The summed E-state index contributed by atoms with van der Waals surface area (Å²) in [4.78, 5) is 42.8. The topological polar surface area (TPSA) is 180 Å². The number of esters is 2.